The lowest BCUT2D eigenvalue weighted by Gasteiger charge is -2.41. The molecular weight excluding hydrogens is 274 g/mol. The Morgan fingerprint density at radius 3 is 2.81 bits per heavy atom. The SMILES string of the molecule is CC1CCC(CN)CN1C(C)c1cccc(OC(F)F)c1. The number of ether oxygens (including phenoxy) is 1. The molecule has 2 rings (SSSR count). The summed E-state index contributed by atoms with van der Waals surface area (Å²) in [6.45, 7) is 3.19. The zero-order chi connectivity index (χ0) is 15.4. The molecule has 1 fully saturated rings. The first-order chi connectivity index (χ1) is 10.0. The van der Waals surface area contributed by atoms with Gasteiger partial charge in [-0.2, -0.15) is 8.78 Å². The molecule has 0 radical (unpaired) electrons. The minimum absolute atomic E-state index is 0.163. The second-order valence-electron chi connectivity index (χ2n) is 5.85. The molecule has 1 aromatic rings. The second-order valence-corrected chi connectivity index (χ2v) is 5.85. The van der Waals surface area contributed by atoms with Crippen LogP contribution in [0.5, 0.6) is 5.75 Å². The monoisotopic (exact) mass is 298 g/mol. The number of alkyl halides is 2. The van der Waals surface area contributed by atoms with E-state index in [1.165, 1.54) is 0 Å². The molecule has 0 amide bonds. The first-order valence-corrected chi connectivity index (χ1v) is 7.51. The number of halogens is 2. The number of benzene rings is 1. The smallest absolute Gasteiger partial charge is 0.387 e. The van der Waals surface area contributed by atoms with Crippen LogP contribution in [0.3, 0.4) is 0 Å². The molecule has 118 valence electrons. The second kappa shape index (κ2) is 7.18. The van der Waals surface area contributed by atoms with Gasteiger partial charge in [-0.25, -0.2) is 0 Å². The van der Waals surface area contributed by atoms with Crippen LogP contribution in [-0.4, -0.2) is 30.6 Å². The number of hydrogen-bond donors (Lipinski definition) is 1. The average molecular weight is 298 g/mol. The van der Waals surface area contributed by atoms with Gasteiger partial charge in [-0.15, -0.1) is 0 Å². The number of hydrogen-bond acceptors (Lipinski definition) is 3. The summed E-state index contributed by atoms with van der Waals surface area (Å²) in [6.07, 6.45) is 2.29. The van der Waals surface area contributed by atoms with E-state index in [9.17, 15) is 8.78 Å². The number of rotatable bonds is 5. The van der Waals surface area contributed by atoms with Crippen LogP contribution in [0.25, 0.3) is 0 Å². The molecule has 0 bridgehead atoms. The topological polar surface area (TPSA) is 38.5 Å². The molecule has 2 N–H and O–H groups in total. The van der Waals surface area contributed by atoms with Gasteiger partial charge in [0.15, 0.2) is 0 Å². The van der Waals surface area contributed by atoms with Gasteiger partial charge in [0.25, 0.3) is 0 Å². The molecule has 1 aliphatic heterocycles. The van der Waals surface area contributed by atoms with E-state index < -0.39 is 6.61 Å². The van der Waals surface area contributed by atoms with Crippen molar-refractivity contribution in [2.24, 2.45) is 11.7 Å². The van der Waals surface area contributed by atoms with Gasteiger partial charge in [0.05, 0.1) is 0 Å². The van der Waals surface area contributed by atoms with E-state index in [0.717, 1.165) is 24.9 Å². The molecule has 21 heavy (non-hydrogen) atoms. The summed E-state index contributed by atoms with van der Waals surface area (Å²) in [5.41, 5.74) is 6.80. The quantitative estimate of drug-likeness (QED) is 0.905. The van der Waals surface area contributed by atoms with Gasteiger partial charge in [-0.3, -0.25) is 4.90 Å². The van der Waals surface area contributed by atoms with E-state index in [2.05, 4.69) is 23.5 Å². The van der Waals surface area contributed by atoms with Gasteiger partial charge in [-0.05, 0) is 56.8 Å². The van der Waals surface area contributed by atoms with Crippen LogP contribution >= 0.6 is 0 Å². The number of nitrogens with two attached hydrogens (primary N) is 1. The molecule has 3 nitrogen and oxygen atoms in total. The Morgan fingerprint density at radius 2 is 2.14 bits per heavy atom. The van der Waals surface area contributed by atoms with Crippen LogP contribution in [0.15, 0.2) is 24.3 Å². The van der Waals surface area contributed by atoms with Gasteiger partial charge in [-0.1, -0.05) is 12.1 Å². The molecule has 1 heterocycles. The van der Waals surface area contributed by atoms with Crippen LogP contribution in [0, 0.1) is 5.92 Å². The summed E-state index contributed by atoms with van der Waals surface area (Å²) in [4.78, 5) is 2.41. The summed E-state index contributed by atoms with van der Waals surface area (Å²) < 4.78 is 29.1. The van der Waals surface area contributed by atoms with Gasteiger partial charge in [0, 0.05) is 18.6 Å². The summed E-state index contributed by atoms with van der Waals surface area (Å²) in [5.74, 6) is 0.735. The fraction of sp³-hybridized carbons (Fsp3) is 0.625. The third-order valence-corrected chi connectivity index (χ3v) is 4.42. The van der Waals surface area contributed by atoms with Crippen molar-refractivity contribution in [3.63, 3.8) is 0 Å². The van der Waals surface area contributed by atoms with Crippen molar-refractivity contribution in [1.82, 2.24) is 4.90 Å². The highest BCUT2D eigenvalue weighted by Gasteiger charge is 2.28. The molecule has 0 aliphatic carbocycles. The fourth-order valence-corrected chi connectivity index (χ4v) is 3.09. The van der Waals surface area contributed by atoms with E-state index in [-0.39, 0.29) is 11.8 Å². The van der Waals surface area contributed by atoms with E-state index in [1.807, 2.05) is 6.07 Å². The summed E-state index contributed by atoms with van der Waals surface area (Å²) in [6, 6.07) is 7.62. The van der Waals surface area contributed by atoms with Gasteiger partial charge >= 0.3 is 6.61 Å². The molecular formula is C16H24F2N2O. The zero-order valence-corrected chi connectivity index (χ0v) is 12.6. The lowest BCUT2D eigenvalue weighted by molar-refractivity contribution is -0.0499. The van der Waals surface area contributed by atoms with Crippen LogP contribution in [0.2, 0.25) is 0 Å². The minimum atomic E-state index is -2.79. The van der Waals surface area contributed by atoms with Crippen LogP contribution in [-0.2, 0) is 0 Å². The molecule has 1 saturated heterocycles. The van der Waals surface area contributed by atoms with E-state index in [4.69, 9.17) is 5.73 Å². The largest absolute Gasteiger partial charge is 0.435 e. The maximum Gasteiger partial charge on any atom is 0.387 e. The average Bonchev–Trinajstić information content (AvgIpc) is 2.46. The molecule has 0 aromatic heterocycles. The predicted octanol–water partition coefficient (Wildman–Crippen LogP) is 3.41. The highest BCUT2D eigenvalue weighted by Crippen LogP contribution is 2.31. The molecule has 3 atom stereocenters. The molecule has 1 aromatic carbocycles. The Bertz CT molecular complexity index is 456. The van der Waals surface area contributed by atoms with Crippen LogP contribution in [0.1, 0.15) is 38.3 Å². The molecule has 0 spiro atoms. The molecule has 0 saturated carbocycles. The Morgan fingerprint density at radius 1 is 1.38 bits per heavy atom. The lowest BCUT2D eigenvalue weighted by atomic mass is 9.91. The lowest BCUT2D eigenvalue weighted by Crippen LogP contribution is -2.44. The van der Waals surface area contributed by atoms with E-state index in [0.29, 0.717) is 18.5 Å². The molecule has 5 heteroatoms. The highest BCUT2D eigenvalue weighted by atomic mass is 19.3. The Hall–Kier alpha value is -1.20. The number of piperidine rings is 1. The van der Waals surface area contributed by atoms with Crippen molar-refractivity contribution in [2.75, 3.05) is 13.1 Å². The van der Waals surface area contributed by atoms with Gasteiger partial charge in [0.2, 0.25) is 0 Å². The van der Waals surface area contributed by atoms with Crippen molar-refractivity contribution in [2.45, 2.75) is 45.4 Å². The van der Waals surface area contributed by atoms with Crippen LogP contribution < -0.4 is 10.5 Å². The van der Waals surface area contributed by atoms with E-state index in [1.54, 1.807) is 18.2 Å². The van der Waals surface area contributed by atoms with Crippen molar-refractivity contribution < 1.29 is 13.5 Å². The summed E-state index contributed by atoms with van der Waals surface area (Å²) in [5, 5.41) is 0. The molecule has 1 aliphatic rings. The summed E-state index contributed by atoms with van der Waals surface area (Å²) in [7, 11) is 0. The van der Waals surface area contributed by atoms with Gasteiger partial charge < -0.3 is 10.5 Å². The van der Waals surface area contributed by atoms with Crippen molar-refractivity contribution in [3.05, 3.63) is 29.8 Å². The van der Waals surface area contributed by atoms with Gasteiger partial charge in [0.1, 0.15) is 5.75 Å². The Balaban J connectivity index is 2.12. The zero-order valence-electron chi connectivity index (χ0n) is 12.6. The first kappa shape index (κ1) is 16.2. The summed E-state index contributed by atoms with van der Waals surface area (Å²) >= 11 is 0. The Kier molecular flexibility index (Phi) is 5.53. The third-order valence-electron chi connectivity index (χ3n) is 4.42. The minimum Gasteiger partial charge on any atom is -0.435 e. The maximum atomic E-state index is 12.3. The maximum absolute atomic E-state index is 12.3. The first-order valence-electron chi connectivity index (χ1n) is 7.51. The normalized spacial score (nSPS) is 25.0. The fourth-order valence-electron chi connectivity index (χ4n) is 3.09. The standard InChI is InChI=1S/C16H24F2N2O/c1-11-6-7-13(9-19)10-20(11)12(2)14-4-3-5-15(8-14)21-16(17)18/h3-5,8,11-13,16H,6-7,9-10,19H2,1-2H3. The van der Waals surface area contributed by atoms with Crippen molar-refractivity contribution >= 4 is 0 Å². The number of likely N-dealkylation sites (tertiary alicyclic amines) is 1. The van der Waals surface area contributed by atoms with E-state index >= 15 is 0 Å². The van der Waals surface area contributed by atoms with Crippen molar-refractivity contribution in [3.8, 4) is 5.75 Å². The van der Waals surface area contributed by atoms with Crippen molar-refractivity contribution in [1.29, 1.82) is 0 Å². The highest BCUT2D eigenvalue weighted by molar-refractivity contribution is 5.30. The molecule has 3 unspecified atom stereocenters. The number of nitrogens with zero attached hydrogens (tertiary/aromatic N) is 1. The predicted molar refractivity (Wildman–Crippen MR) is 79.4 cm³/mol. The third kappa shape index (κ3) is 4.14. The Labute approximate surface area is 125 Å². The van der Waals surface area contributed by atoms with Crippen LogP contribution in [0.4, 0.5) is 8.78 Å².